The Morgan fingerprint density at radius 2 is 2.42 bits per heavy atom. The molecule has 6 nitrogen and oxygen atoms in total. The molecule has 0 saturated carbocycles. The second kappa shape index (κ2) is 6.26. The Hall–Kier alpha value is -1.99. The van der Waals surface area contributed by atoms with Gasteiger partial charge in [0.25, 0.3) is 0 Å². The number of aromatic nitrogens is 3. The van der Waals surface area contributed by atoms with Crippen LogP contribution in [0.15, 0.2) is 30.7 Å². The van der Waals surface area contributed by atoms with Gasteiger partial charge in [-0.2, -0.15) is 5.10 Å². The topological polar surface area (TPSA) is 78.0 Å². The van der Waals surface area contributed by atoms with Crippen molar-refractivity contribution in [1.29, 1.82) is 0 Å². The van der Waals surface area contributed by atoms with E-state index in [1.165, 1.54) is 0 Å². The Kier molecular flexibility index (Phi) is 4.43. The summed E-state index contributed by atoms with van der Waals surface area (Å²) in [4.78, 5) is 4.53. The van der Waals surface area contributed by atoms with Crippen LogP contribution in [0.1, 0.15) is 5.56 Å². The number of thiocarbonyl (C=S) groups is 1. The lowest BCUT2D eigenvalue weighted by Crippen LogP contribution is -2.12. The van der Waals surface area contributed by atoms with Crippen molar-refractivity contribution < 1.29 is 4.74 Å². The number of hydrogen-bond donors (Lipinski definition) is 2. The summed E-state index contributed by atoms with van der Waals surface area (Å²) in [6.07, 6.45) is 5.27. The van der Waals surface area contributed by atoms with Gasteiger partial charge in [-0.25, -0.2) is 4.98 Å². The molecule has 2 aromatic heterocycles. The third-order valence-corrected chi connectivity index (χ3v) is 2.71. The maximum atomic E-state index is 5.65. The van der Waals surface area contributed by atoms with Gasteiger partial charge >= 0.3 is 0 Å². The molecule has 0 radical (unpaired) electrons. The van der Waals surface area contributed by atoms with Crippen molar-refractivity contribution >= 4 is 28.7 Å². The lowest BCUT2D eigenvalue weighted by atomic mass is 10.2. The van der Waals surface area contributed by atoms with Crippen LogP contribution in [0.4, 0.5) is 11.5 Å². The Bertz CT molecular complexity index is 569. The Morgan fingerprint density at radius 3 is 3.16 bits per heavy atom. The number of methoxy groups -OCH3 is 1. The van der Waals surface area contributed by atoms with Gasteiger partial charge in [-0.3, -0.25) is 4.68 Å². The van der Waals surface area contributed by atoms with Gasteiger partial charge in [-0.15, -0.1) is 0 Å². The Balaban J connectivity index is 2.13. The molecular formula is C12H15N5OS. The smallest absolute Gasteiger partial charge is 0.140 e. The third kappa shape index (κ3) is 3.49. The van der Waals surface area contributed by atoms with E-state index in [0.29, 0.717) is 29.5 Å². The van der Waals surface area contributed by atoms with E-state index in [0.717, 1.165) is 5.69 Å². The zero-order valence-corrected chi connectivity index (χ0v) is 11.4. The fourth-order valence-corrected chi connectivity index (χ4v) is 1.74. The maximum absolute atomic E-state index is 5.65. The van der Waals surface area contributed by atoms with Crippen molar-refractivity contribution in [2.75, 3.05) is 19.0 Å². The minimum atomic E-state index is 0.308. The summed E-state index contributed by atoms with van der Waals surface area (Å²) in [7, 11) is 1.66. The van der Waals surface area contributed by atoms with Crippen LogP contribution >= 0.6 is 12.2 Å². The van der Waals surface area contributed by atoms with Gasteiger partial charge in [0.1, 0.15) is 10.8 Å². The number of anilines is 2. The first-order valence-corrected chi connectivity index (χ1v) is 6.15. The lowest BCUT2D eigenvalue weighted by molar-refractivity contribution is 0.183. The van der Waals surface area contributed by atoms with Crippen molar-refractivity contribution in [3.8, 4) is 0 Å². The summed E-state index contributed by atoms with van der Waals surface area (Å²) in [5, 5.41) is 7.35. The minimum Gasteiger partial charge on any atom is -0.389 e. The van der Waals surface area contributed by atoms with E-state index in [1.54, 1.807) is 30.3 Å². The molecule has 0 aliphatic rings. The molecule has 0 aliphatic carbocycles. The average molecular weight is 277 g/mol. The van der Waals surface area contributed by atoms with Gasteiger partial charge < -0.3 is 15.8 Å². The van der Waals surface area contributed by atoms with E-state index < -0.39 is 0 Å². The molecule has 3 N–H and O–H groups in total. The summed E-state index contributed by atoms with van der Waals surface area (Å²) in [6, 6.07) is 3.62. The molecule has 0 fully saturated rings. The molecule has 0 spiro atoms. The molecule has 0 atom stereocenters. The number of nitrogens with one attached hydrogen (secondary N) is 1. The largest absolute Gasteiger partial charge is 0.389 e. The number of pyridine rings is 1. The second-order valence-electron chi connectivity index (χ2n) is 3.87. The van der Waals surface area contributed by atoms with Crippen LogP contribution in [-0.2, 0) is 11.3 Å². The van der Waals surface area contributed by atoms with Crippen LogP contribution in [0.3, 0.4) is 0 Å². The highest BCUT2D eigenvalue weighted by atomic mass is 32.1. The predicted octanol–water partition coefficient (Wildman–Crippen LogP) is 1.30. The number of ether oxygens (including phenoxy) is 1. The highest BCUT2D eigenvalue weighted by Crippen LogP contribution is 2.17. The lowest BCUT2D eigenvalue weighted by Gasteiger charge is -2.07. The van der Waals surface area contributed by atoms with Crippen LogP contribution in [-0.4, -0.2) is 33.5 Å². The van der Waals surface area contributed by atoms with E-state index in [2.05, 4.69) is 15.4 Å². The van der Waals surface area contributed by atoms with Gasteiger partial charge in [0.05, 0.1) is 30.6 Å². The molecule has 0 saturated heterocycles. The van der Waals surface area contributed by atoms with Crippen LogP contribution in [0.2, 0.25) is 0 Å². The summed E-state index contributed by atoms with van der Waals surface area (Å²) < 4.78 is 6.78. The molecule has 0 aromatic carbocycles. The van der Waals surface area contributed by atoms with Crippen LogP contribution < -0.4 is 11.1 Å². The van der Waals surface area contributed by atoms with Gasteiger partial charge in [-0.05, 0) is 12.1 Å². The van der Waals surface area contributed by atoms with Crippen molar-refractivity contribution in [3.05, 3.63) is 36.3 Å². The highest BCUT2D eigenvalue weighted by molar-refractivity contribution is 7.80. The quantitative estimate of drug-likeness (QED) is 0.775. The predicted molar refractivity (Wildman–Crippen MR) is 77.5 cm³/mol. The van der Waals surface area contributed by atoms with E-state index in [-0.39, 0.29) is 0 Å². The number of rotatable bonds is 6. The van der Waals surface area contributed by atoms with Crippen LogP contribution in [0, 0.1) is 0 Å². The molecular weight excluding hydrogens is 262 g/mol. The van der Waals surface area contributed by atoms with Gasteiger partial charge in [0, 0.05) is 19.5 Å². The zero-order chi connectivity index (χ0) is 13.7. The first kappa shape index (κ1) is 13.4. The van der Waals surface area contributed by atoms with Gasteiger partial charge in [0.15, 0.2) is 0 Å². The number of nitrogens with two attached hydrogens (primary N) is 1. The minimum absolute atomic E-state index is 0.308. The van der Waals surface area contributed by atoms with E-state index in [1.807, 2.05) is 12.3 Å². The standard InChI is InChI=1S/C12H15N5OS/c1-18-6-5-17-8-9(7-15-17)16-12-10(11(13)19)3-2-4-14-12/h2-4,7-8H,5-6H2,1H3,(H2,13,19)(H,14,16). The Labute approximate surface area is 116 Å². The Morgan fingerprint density at radius 1 is 1.58 bits per heavy atom. The van der Waals surface area contributed by atoms with Crippen molar-refractivity contribution in [1.82, 2.24) is 14.8 Å². The second-order valence-corrected chi connectivity index (χ2v) is 4.31. The van der Waals surface area contributed by atoms with Crippen molar-refractivity contribution in [3.63, 3.8) is 0 Å². The van der Waals surface area contributed by atoms with Crippen LogP contribution in [0.5, 0.6) is 0 Å². The first-order chi connectivity index (χ1) is 9.20. The molecule has 2 aromatic rings. The molecule has 2 rings (SSSR count). The summed E-state index contributed by atoms with van der Waals surface area (Å²) >= 11 is 4.99. The van der Waals surface area contributed by atoms with Crippen molar-refractivity contribution in [2.45, 2.75) is 6.54 Å². The third-order valence-electron chi connectivity index (χ3n) is 2.49. The van der Waals surface area contributed by atoms with E-state index in [9.17, 15) is 0 Å². The summed E-state index contributed by atoms with van der Waals surface area (Å²) in [5.41, 5.74) is 7.19. The first-order valence-electron chi connectivity index (χ1n) is 5.74. The van der Waals surface area contributed by atoms with Crippen molar-refractivity contribution in [2.24, 2.45) is 5.73 Å². The molecule has 0 bridgehead atoms. The number of nitrogens with zero attached hydrogens (tertiary/aromatic N) is 3. The monoisotopic (exact) mass is 277 g/mol. The highest BCUT2D eigenvalue weighted by Gasteiger charge is 2.07. The fourth-order valence-electron chi connectivity index (χ4n) is 1.58. The normalized spacial score (nSPS) is 10.4. The molecule has 0 unspecified atom stereocenters. The average Bonchev–Trinajstić information content (AvgIpc) is 2.84. The van der Waals surface area contributed by atoms with Gasteiger partial charge in [0.2, 0.25) is 0 Å². The van der Waals surface area contributed by atoms with Crippen LogP contribution in [0.25, 0.3) is 0 Å². The fraction of sp³-hybridized carbons (Fsp3) is 0.250. The summed E-state index contributed by atoms with van der Waals surface area (Å²) in [6.45, 7) is 1.31. The number of hydrogen-bond acceptors (Lipinski definition) is 5. The maximum Gasteiger partial charge on any atom is 0.140 e. The molecule has 0 amide bonds. The van der Waals surface area contributed by atoms with Gasteiger partial charge in [-0.1, -0.05) is 12.2 Å². The SMILES string of the molecule is COCCn1cc(Nc2ncccc2C(N)=S)cn1. The molecule has 0 aliphatic heterocycles. The summed E-state index contributed by atoms with van der Waals surface area (Å²) in [5.74, 6) is 0.626. The van der Waals surface area contributed by atoms with E-state index in [4.69, 9.17) is 22.7 Å². The molecule has 19 heavy (non-hydrogen) atoms. The molecule has 100 valence electrons. The zero-order valence-electron chi connectivity index (χ0n) is 10.5. The van der Waals surface area contributed by atoms with E-state index >= 15 is 0 Å². The molecule has 7 heteroatoms. The molecule has 2 heterocycles.